The summed E-state index contributed by atoms with van der Waals surface area (Å²) in [5.41, 5.74) is 5.28. The van der Waals surface area contributed by atoms with Crippen molar-refractivity contribution in [1.82, 2.24) is 0 Å². The maximum absolute atomic E-state index is 9.58. The quantitative estimate of drug-likeness (QED) is 0.760. The molecule has 1 aliphatic heterocycles. The molecular formula is C19H17NO. The van der Waals surface area contributed by atoms with Gasteiger partial charge >= 0.3 is 0 Å². The van der Waals surface area contributed by atoms with Crippen LogP contribution in [0.3, 0.4) is 0 Å². The van der Waals surface area contributed by atoms with Crippen molar-refractivity contribution >= 4 is 0 Å². The summed E-state index contributed by atoms with van der Waals surface area (Å²) in [4.78, 5) is 0. The number of nitrogens with zero attached hydrogens (tertiary/aromatic N) is 1. The monoisotopic (exact) mass is 275 g/mol. The lowest BCUT2D eigenvalue weighted by Gasteiger charge is -2.28. The third kappa shape index (κ3) is 2.21. The Morgan fingerprint density at radius 3 is 2.48 bits per heavy atom. The predicted molar refractivity (Wildman–Crippen MR) is 83.1 cm³/mol. The molecule has 2 nitrogen and oxygen atoms in total. The van der Waals surface area contributed by atoms with Crippen LogP contribution in [0.4, 0.5) is 0 Å². The Hall–Kier alpha value is -2.53. The van der Waals surface area contributed by atoms with Gasteiger partial charge in [-0.3, -0.25) is 0 Å². The fourth-order valence-corrected chi connectivity index (χ4v) is 2.92. The summed E-state index contributed by atoms with van der Waals surface area (Å²) in [7, 11) is 0. The van der Waals surface area contributed by atoms with Gasteiger partial charge in [-0.1, -0.05) is 36.4 Å². The molecule has 0 aromatic heterocycles. The molecule has 0 bridgehead atoms. The zero-order chi connectivity index (χ0) is 15.0. The van der Waals surface area contributed by atoms with Gasteiger partial charge in [0.05, 0.1) is 17.6 Å². The van der Waals surface area contributed by atoms with Gasteiger partial charge in [-0.15, -0.1) is 0 Å². The molecule has 0 amide bonds. The molecule has 1 atom stereocenters. The van der Waals surface area contributed by atoms with E-state index in [9.17, 15) is 5.26 Å². The molecule has 1 aliphatic rings. The number of ether oxygens (including phenoxy) is 1. The number of allylic oxidation sites excluding steroid dienone is 2. The molecule has 0 saturated heterocycles. The Balaban J connectivity index is 2.27. The second kappa shape index (κ2) is 5.10. The summed E-state index contributed by atoms with van der Waals surface area (Å²) in [6.07, 6.45) is 0. The van der Waals surface area contributed by atoms with Crippen LogP contribution in [0.5, 0.6) is 5.75 Å². The molecule has 0 aliphatic carbocycles. The van der Waals surface area contributed by atoms with E-state index in [2.05, 4.69) is 37.3 Å². The summed E-state index contributed by atoms with van der Waals surface area (Å²) >= 11 is 0. The summed E-state index contributed by atoms with van der Waals surface area (Å²) in [6, 6.07) is 16.8. The molecule has 104 valence electrons. The van der Waals surface area contributed by atoms with Crippen LogP contribution in [-0.2, 0) is 0 Å². The lowest BCUT2D eigenvalue weighted by atomic mass is 9.81. The summed E-state index contributed by atoms with van der Waals surface area (Å²) in [6.45, 7) is 6.00. The molecule has 2 aromatic rings. The Kier molecular flexibility index (Phi) is 3.27. The maximum Gasteiger partial charge on any atom is 0.131 e. The third-order valence-corrected chi connectivity index (χ3v) is 4.03. The fraction of sp³-hybridized carbons (Fsp3) is 0.211. The van der Waals surface area contributed by atoms with Gasteiger partial charge < -0.3 is 4.74 Å². The molecule has 1 heterocycles. The largest absolute Gasteiger partial charge is 0.461 e. The fourth-order valence-electron chi connectivity index (χ4n) is 2.92. The van der Waals surface area contributed by atoms with Crippen LogP contribution in [0.1, 0.15) is 35.1 Å². The minimum atomic E-state index is -0.0412. The Bertz CT molecular complexity index is 780. The highest BCUT2D eigenvalue weighted by Crippen LogP contribution is 2.43. The average molecular weight is 275 g/mol. The van der Waals surface area contributed by atoms with Crippen molar-refractivity contribution in [3.63, 3.8) is 0 Å². The number of nitriles is 1. The molecule has 0 N–H and O–H groups in total. The molecule has 2 heteroatoms. The molecule has 1 unspecified atom stereocenters. The number of hydrogen-bond acceptors (Lipinski definition) is 2. The number of benzene rings is 2. The van der Waals surface area contributed by atoms with E-state index in [0.29, 0.717) is 11.3 Å². The van der Waals surface area contributed by atoms with Crippen LogP contribution in [0.25, 0.3) is 0 Å². The summed E-state index contributed by atoms with van der Waals surface area (Å²) < 4.78 is 5.86. The molecule has 3 rings (SSSR count). The van der Waals surface area contributed by atoms with Crippen LogP contribution < -0.4 is 4.74 Å². The van der Waals surface area contributed by atoms with Crippen molar-refractivity contribution in [1.29, 1.82) is 5.26 Å². The van der Waals surface area contributed by atoms with Gasteiger partial charge in [0.1, 0.15) is 11.5 Å². The second-order valence-electron chi connectivity index (χ2n) is 5.51. The van der Waals surface area contributed by atoms with Crippen LogP contribution >= 0.6 is 0 Å². The standard InChI is InChI=1S/C19H17NO/c1-12-8-9-16-18(10-12)21-14(3)17(11-20)19(16)15-7-5-4-6-13(15)2/h4-10,19H,1-3H3. The van der Waals surface area contributed by atoms with Crippen molar-refractivity contribution in [3.8, 4) is 11.8 Å². The van der Waals surface area contributed by atoms with Gasteiger partial charge in [-0.2, -0.15) is 5.26 Å². The van der Waals surface area contributed by atoms with E-state index in [1.165, 1.54) is 11.1 Å². The Morgan fingerprint density at radius 2 is 1.76 bits per heavy atom. The van der Waals surface area contributed by atoms with Crippen LogP contribution in [0.15, 0.2) is 53.8 Å². The minimum absolute atomic E-state index is 0.0412. The van der Waals surface area contributed by atoms with Gasteiger partial charge in [-0.05, 0) is 43.5 Å². The number of fused-ring (bicyclic) bond motifs is 1. The first kappa shape index (κ1) is 13.5. The molecule has 0 fully saturated rings. The van der Waals surface area contributed by atoms with Crippen molar-refractivity contribution in [2.45, 2.75) is 26.7 Å². The number of aryl methyl sites for hydroxylation is 2. The Morgan fingerprint density at radius 1 is 1.00 bits per heavy atom. The van der Waals surface area contributed by atoms with Crippen LogP contribution in [-0.4, -0.2) is 0 Å². The first-order chi connectivity index (χ1) is 10.1. The van der Waals surface area contributed by atoms with Gasteiger partial charge in [0.15, 0.2) is 0 Å². The topological polar surface area (TPSA) is 33.0 Å². The molecule has 0 spiro atoms. The van der Waals surface area contributed by atoms with Crippen LogP contribution in [0.2, 0.25) is 0 Å². The van der Waals surface area contributed by atoms with Crippen molar-refractivity contribution < 1.29 is 4.74 Å². The lowest BCUT2D eigenvalue weighted by Crippen LogP contribution is -2.15. The minimum Gasteiger partial charge on any atom is -0.461 e. The van der Waals surface area contributed by atoms with E-state index in [0.717, 1.165) is 16.9 Å². The van der Waals surface area contributed by atoms with E-state index in [4.69, 9.17) is 4.74 Å². The molecular weight excluding hydrogens is 258 g/mol. The predicted octanol–water partition coefficient (Wildman–Crippen LogP) is 4.63. The molecule has 21 heavy (non-hydrogen) atoms. The van der Waals surface area contributed by atoms with E-state index in [1.807, 2.05) is 32.0 Å². The summed E-state index contributed by atoms with van der Waals surface area (Å²) in [5, 5.41) is 9.58. The molecule has 2 aromatic carbocycles. The maximum atomic E-state index is 9.58. The smallest absolute Gasteiger partial charge is 0.131 e. The van der Waals surface area contributed by atoms with Gasteiger partial charge in [-0.25, -0.2) is 0 Å². The highest BCUT2D eigenvalue weighted by molar-refractivity contribution is 5.57. The first-order valence-electron chi connectivity index (χ1n) is 7.06. The SMILES string of the molecule is CC1=C(C#N)C(c2ccccc2C)c2ccc(C)cc2O1. The van der Waals surface area contributed by atoms with E-state index < -0.39 is 0 Å². The second-order valence-corrected chi connectivity index (χ2v) is 5.51. The third-order valence-electron chi connectivity index (χ3n) is 4.03. The van der Waals surface area contributed by atoms with Crippen molar-refractivity contribution in [2.24, 2.45) is 0 Å². The average Bonchev–Trinajstić information content (AvgIpc) is 2.46. The van der Waals surface area contributed by atoms with Gasteiger partial charge in [0.25, 0.3) is 0 Å². The van der Waals surface area contributed by atoms with Gasteiger partial charge in [0.2, 0.25) is 0 Å². The number of rotatable bonds is 1. The molecule has 0 radical (unpaired) electrons. The van der Waals surface area contributed by atoms with Gasteiger partial charge in [0, 0.05) is 5.56 Å². The zero-order valence-corrected chi connectivity index (χ0v) is 12.5. The van der Waals surface area contributed by atoms with E-state index in [-0.39, 0.29) is 5.92 Å². The summed E-state index contributed by atoms with van der Waals surface area (Å²) in [5.74, 6) is 1.52. The highest BCUT2D eigenvalue weighted by Gasteiger charge is 2.30. The first-order valence-corrected chi connectivity index (χ1v) is 7.06. The van der Waals surface area contributed by atoms with E-state index in [1.54, 1.807) is 0 Å². The molecule has 0 saturated carbocycles. The highest BCUT2D eigenvalue weighted by atomic mass is 16.5. The zero-order valence-electron chi connectivity index (χ0n) is 12.5. The van der Waals surface area contributed by atoms with Crippen LogP contribution in [0, 0.1) is 25.2 Å². The normalized spacial score (nSPS) is 17.0. The Labute approximate surface area is 125 Å². The van der Waals surface area contributed by atoms with Crippen molar-refractivity contribution in [3.05, 3.63) is 76.1 Å². The van der Waals surface area contributed by atoms with Crippen molar-refractivity contribution in [2.75, 3.05) is 0 Å². The lowest BCUT2D eigenvalue weighted by molar-refractivity contribution is 0.401. The number of hydrogen-bond donors (Lipinski definition) is 0. The van der Waals surface area contributed by atoms with E-state index >= 15 is 0 Å².